The Kier molecular flexibility index (Phi) is 5.48. The summed E-state index contributed by atoms with van der Waals surface area (Å²) in [5, 5.41) is 0. The highest BCUT2D eigenvalue weighted by molar-refractivity contribution is 7.80. The van der Waals surface area contributed by atoms with E-state index in [-0.39, 0.29) is 0 Å². The third-order valence-electron chi connectivity index (χ3n) is 4.24. The maximum absolute atomic E-state index is 4.54. The lowest BCUT2D eigenvalue weighted by molar-refractivity contribution is 0.140. The Morgan fingerprint density at radius 2 is 1.87 bits per heavy atom. The zero-order valence-corrected chi connectivity index (χ0v) is 11.5. The average molecular weight is 229 g/mol. The number of hydrogen-bond acceptors (Lipinski definition) is 2. The molecule has 0 heterocycles. The fraction of sp³-hybridized carbons (Fsp3) is 1.00. The highest BCUT2D eigenvalue weighted by Crippen LogP contribution is 2.31. The van der Waals surface area contributed by atoms with Crippen molar-refractivity contribution < 1.29 is 0 Å². The van der Waals surface area contributed by atoms with Gasteiger partial charge < -0.3 is 4.90 Å². The van der Waals surface area contributed by atoms with E-state index in [1.54, 1.807) is 0 Å². The summed E-state index contributed by atoms with van der Waals surface area (Å²) >= 11 is 4.54. The third kappa shape index (κ3) is 3.67. The van der Waals surface area contributed by atoms with Crippen molar-refractivity contribution in [1.82, 2.24) is 4.90 Å². The molecule has 0 saturated heterocycles. The standard InChI is InChI=1S/C13H27NS/c1-4-13(5-2,11-15)10-14(3)9-12-7-6-8-12/h12,15H,4-11H2,1-3H3. The van der Waals surface area contributed by atoms with Crippen LogP contribution in [0.15, 0.2) is 0 Å². The van der Waals surface area contributed by atoms with Crippen LogP contribution in [0.1, 0.15) is 46.0 Å². The fourth-order valence-corrected chi connectivity index (χ4v) is 3.05. The minimum atomic E-state index is 0.446. The van der Waals surface area contributed by atoms with E-state index in [1.165, 1.54) is 45.2 Å². The van der Waals surface area contributed by atoms with Gasteiger partial charge in [0.2, 0.25) is 0 Å². The van der Waals surface area contributed by atoms with Gasteiger partial charge in [0.1, 0.15) is 0 Å². The lowest BCUT2D eigenvalue weighted by atomic mass is 9.82. The van der Waals surface area contributed by atoms with Gasteiger partial charge in [-0.05, 0) is 49.8 Å². The number of nitrogens with zero attached hydrogens (tertiary/aromatic N) is 1. The van der Waals surface area contributed by atoms with E-state index < -0.39 is 0 Å². The molecule has 1 aliphatic rings. The molecule has 0 aromatic rings. The second-order valence-corrected chi connectivity index (χ2v) is 5.68. The largest absolute Gasteiger partial charge is 0.306 e. The summed E-state index contributed by atoms with van der Waals surface area (Å²) in [6.07, 6.45) is 6.87. The molecule has 15 heavy (non-hydrogen) atoms. The van der Waals surface area contributed by atoms with E-state index in [9.17, 15) is 0 Å². The normalized spacial score (nSPS) is 18.2. The molecule has 0 aliphatic heterocycles. The van der Waals surface area contributed by atoms with E-state index >= 15 is 0 Å². The molecular weight excluding hydrogens is 202 g/mol. The zero-order chi connectivity index (χ0) is 11.3. The van der Waals surface area contributed by atoms with E-state index in [0.29, 0.717) is 5.41 Å². The highest BCUT2D eigenvalue weighted by atomic mass is 32.1. The lowest BCUT2D eigenvalue weighted by Crippen LogP contribution is -2.39. The van der Waals surface area contributed by atoms with E-state index in [4.69, 9.17) is 0 Å². The molecular formula is C13H27NS. The van der Waals surface area contributed by atoms with Crippen LogP contribution in [-0.2, 0) is 0 Å². The summed E-state index contributed by atoms with van der Waals surface area (Å²) in [6, 6.07) is 0. The topological polar surface area (TPSA) is 3.24 Å². The van der Waals surface area contributed by atoms with Crippen LogP contribution in [0.3, 0.4) is 0 Å². The predicted molar refractivity (Wildman–Crippen MR) is 71.7 cm³/mol. The SMILES string of the molecule is CCC(CC)(CS)CN(C)CC1CCC1. The Morgan fingerprint density at radius 3 is 2.20 bits per heavy atom. The van der Waals surface area contributed by atoms with Gasteiger partial charge >= 0.3 is 0 Å². The van der Waals surface area contributed by atoms with Gasteiger partial charge in [0.15, 0.2) is 0 Å². The Bertz CT molecular complexity index is 165. The van der Waals surface area contributed by atoms with Gasteiger partial charge in [-0.25, -0.2) is 0 Å². The molecule has 0 N–H and O–H groups in total. The summed E-state index contributed by atoms with van der Waals surface area (Å²) in [4.78, 5) is 2.53. The van der Waals surface area contributed by atoms with Crippen molar-refractivity contribution in [2.24, 2.45) is 11.3 Å². The van der Waals surface area contributed by atoms with Crippen LogP contribution in [0, 0.1) is 11.3 Å². The summed E-state index contributed by atoms with van der Waals surface area (Å²) in [7, 11) is 2.28. The van der Waals surface area contributed by atoms with Crippen LogP contribution in [-0.4, -0.2) is 30.8 Å². The average Bonchev–Trinajstić information content (AvgIpc) is 2.20. The summed E-state index contributed by atoms with van der Waals surface area (Å²) < 4.78 is 0. The molecule has 0 aromatic carbocycles. The molecule has 0 spiro atoms. The summed E-state index contributed by atoms with van der Waals surface area (Å²) in [5.41, 5.74) is 0.446. The lowest BCUT2D eigenvalue weighted by Gasteiger charge is -2.37. The Hall–Kier alpha value is 0.310. The number of hydrogen-bond donors (Lipinski definition) is 1. The molecule has 0 unspecified atom stereocenters. The maximum Gasteiger partial charge on any atom is 0.00427 e. The van der Waals surface area contributed by atoms with Crippen LogP contribution in [0.5, 0.6) is 0 Å². The second kappa shape index (κ2) is 6.15. The minimum Gasteiger partial charge on any atom is -0.306 e. The third-order valence-corrected chi connectivity index (χ3v) is 4.91. The number of rotatable bonds is 7. The minimum absolute atomic E-state index is 0.446. The smallest absolute Gasteiger partial charge is 0.00427 e. The molecule has 90 valence electrons. The molecule has 2 heteroatoms. The van der Waals surface area contributed by atoms with Gasteiger partial charge in [0.05, 0.1) is 0 Å². The van der Waals surface area contributed by atoms with E-state index in [1.807, 2.05) is 0 Å². The molecule has 1 nitrogen and oxygen atoms in total. The first-order valence-electron chi connectivity index (χ1n) is 6.45. The monoisotopic (exact) mass is 229 g/mol. The molecule has 0 aromatic heterocycles. The fourth-order valence-electron chi connectivity index (χ4n) is 2.50. The Labute approximate surface area is 101 Å². The van der Waals surface area contributed by atoms with Crippen molar-refractivity contribution in [2.45, 2.75) is 46.0 Å². The molecule has 0 atom stereocenters. The summed E-state index contributed by atoms with van der Waals surface area (Å²) in [6.45, 7) is 7.13. The first-order valence-corrected chi connectivity index (χ1v) is 7.08. The predicted octanol–water partition coefficient (Wildman–Crippen LogP) is 3.45. The van der Waals surface area contributed by atoms with E-state index in [0.717, 1.165) is 11.7 Å². The van der Waals surface area contributed by atoms with Crippen molar-refractivity contribution >= 4 is 12.6 Å². The van der Waals surface area contributed by atoms with Crippen molar-refractivity contribution in [3.63, 3.8) is 0 Å². The molecule has 1 fully saturated rings. The van der Waals surface area contributed by atoms with Crippen LogP contribution in [0.4, 0.5) is 0 Å². The molecule has 1 aliphatic carbocycles. The molecule has 0 radical (unpaired) electrons. The van der Waals surface area contributed by atoms with Crippen molar-refractivity contribution in [1.29, 1.82) is 0 Å². The van der Waals surface area contributed by atoms with Crippen LogP contribution < -0.4 is 0 Å². The van der Waals surface area contributed by atoms with Gasteiger partial charge in [-0.1, -0.05) is 20.3 Å². The Morgan fingerprint density at radius 1 is 1.27 bits per heavy atom. The zero-order valence-electron chi connectivity index (χ0n) is 10.6. The molecule has 0 amide bonds. The maximum atomic E-state index is 4.54. The summed E-state index contributed by atoms with van der Waals surface area (Å²) in [5.74, 6) is 2.01. The van der Waals surface area contributed by atoms with Gasteiger partial charge in [-0.15, -0.1) is 0 Å². The van der Waals surface area contributed by atoms with Crippen LogP contribution in [0.2, 0.25) is 0 Å². The van der Waals surface area contributed by atoms with Crippen LogP contribution >= 0.6 is 12.6 Å². The van der Waals surface area contributed by atoms with Crippen LogP contribution in [0.25, 0.3) is 0 Å². The van der Waals surface area contributed by atoms with Gasteiger partial charge in [-0.3, -0.25) is 0 Å². The quantitative estimate of drug-likeness (QED) is 0.654. The molecule has 1 rings (SSSR count). The molecule has 0 bridgehead atoms. The van der Waals surface area contributed by atoms with Crippen molar-refractivity contribution in [2.75, 3.05) is 25.9 Å². The second-order valence-electron chi connectivity index (χ2n) is 5.36. The van der Waals surface area contributed by atoms with Gasteiger partial charge in [-0.2, -0.15) is 12.6 Å². The highest BCUT2D eigenvalue weighted by Gasteiger charge is 2.27. The molecule has 1 saturated carbocycles. The van der Waals surface area contributed by atoms with Crippen molar-refractivity contribution in [3.8, 4) is 0 Å². The first kappa shape index (κ1) is 13.4. The Balaban J connectivity index is 2.35. The van der Waals surface area contributed by atoms with E-state index in [2.05, 4.69) is 38.4 Å². The van der Waals surface area contributed by atoms with Crippen molar-refractivity contribution in [3.05, 3.63) is 0 Å². The first-order chi connectivity index (χ1) is 7.15. The van der Waals surface area contributed by atoms with Gasteiger partial charge in [0.25, 0.3) is 0 Å². The number of thiol groups is 1. The van der Waals surface area contributed by atoms with Gasteiger partial charge in [0, 0.05) is 13.1 Å².